The topological polar surface area (TPSA) is 0 Å². The van der Waals surface area contributed by atoms with Crippen molar-refractivity contribution in [2.45, 2.75) is 26.2 Å². The highest BCUT2D eigenvalue weighted by molar-refractivity contribution is 5.29. The van der Waals surface area contributed by atoms with E-state index in [2.05, 4.69) is 6.58 Å². The molecule has 0 spiro atoms. The molecule has 0 saturated heterocycles. The summed E-state index contributed by atoms with van der Waals surface area (Å²) in [6.45, 7) is 7.00. The highest BCUT2D eigenvalue weighted by Gasteiger charge is 2.16. The zero-order valence-electron chi connectivity index (χ0n) is 8.48. The number of halogens is 2. The molecule has 0 bridgehead atoms. The zero-order valence-corrected chi connectivity index (χ0v) is 8.48. The summed E-state index contributed by atoms with van der Waals surface area (Å²) >= 11 is 0. The molecule has 0 aliphatic heterocycles. The lowest BCUT2D eigenvalue weighted by Crippen LogP contribution is -2.02. The molecule has 0 saturated carbocycles. The number of rotatable bonds is 3. The molecule has 0 nitrogen and oxygen atoms in total. The third kappa shape index (κ3) is 2.00. The van der Waals surface area contributed by atoms with Gasteiger partial charge in [-0.1, -0.05) is 19.1 Å². The Morgan fingerprint density at radius 3 is 2.64 bits per heavy atom. The fraction of sp³-hybridized carbons (Fsp3) is 0.333. The first-order chi connectivity index (χ1) is 6.57. The third-order valence-electron chi connectivity index (χ3n) is 2.33. The molecule has 0 radical (unpaired) electrons. The summed E-state index contributed by atoms with van der Waals surface area (Å²) in [6.07, 6.45) is 2.25. The van der Waals surface area contributed by atoms with Gasteiger partial charge in [-0.3, -0.25) is 0 Å². The van der Waals surface area contributed by atoms with Crippen molar-refractivity contribution in [3.05, 3.63) is 47.5 Å². The second-order valence-corrected chi connectivity index (χ2v) is 3.52. The fourth-order valence-electron chi connectivity index (χ4n) is 1.50. The second-order valence-electron chi connectivity index (χ2n) is 3.52. The molecular formula is C12H14F2. The van der Waals surface area contributed by atoms with Gasteiger partial charge in [0.15, 0.2) is 0 Å². The second kappa shape index (κ2) is 4.36. The minimum atomic E-state index is -0.470. The van der Waals surface area contributed by atoms with Crippen LogP contribution in [0.5, 0.6) is 0 Å². The van der Waals surface area contributed by atoms with Crippen LogP contribution >= 0.6 is 0 Å². The van der Waals surface area contributed by atoms with Crippen molar-refractivity contribution in [1.29, 1.82) is 0 Å². The van der Waals surface area contributed by atoms with E-state index in [0.29, 0.717) is 12.0 Å². The van der Waals surface area contributed by atoms with E-state index < -0.39 is 11.6 Å². The Balaban J connectivity index is 3.17. The van der Waals surface area contributed by atoms with Crippen LogP contribution in [-0.2, 0) is 0 Å². The third-order valence-corrected chi connectivity index (χ3v) is 2.33. The van der Waals surface area contributed by atoms with Crippen molar-refractivity contribution in [3.8, 4) is 0 Å². The largest absolute Gasteiger partial charge is 0.207 e. The van der Waals surface area contributed by atoms with Gasteiger partial charge in [0.1, 0.15) is 11.6 Å². The summed E-state index contributed by atoms with van der Waals surface area (Å²) in [5.74, 6) is -1.06. The Kier molecular flexibility index (Phi) is 3.39. The Hall–Kier alpha value is -1.18. The number of aryl methyl sites for hydroxylation is 1. The molecule has 0 fully saturated rings. The molecule has 0 N–H and O–H groups in total. The van der Waals surface area contributed by atoms with Crippen LogP contribution in [-0.4, -0.2) is 0 Å². The summed E-state index contributed by atoms with van der Waals surface area (Å²) in [6, 6.07) is 2.77. The first-order valence-electron chi connectivity index (χ1n) is 4.63. The number of hydrogen-bond acceptors (Lipinski definition) is 0. The molecule has 0 aliphatic carbocycles. The molecule has 0 heterocycles. The highest BCUT2D eigenvalue weighted by Crippen LogP contribution is 2.26. The molecular weight excluding hydrogens is 182 g/mol. The van der Waals surface area contributed by atoms with E-state index in [1.54, 1.807) is 19.9 Å². The fourth-order valence-corrected chi connectivity index (χ4v) is 1.50. The SMILES string of the molecule is C=CCC(C)c1c(F)ccc(C)c1F. The predicted octanol–water partition coefficient (Wildman–Crippen LogP) is 3.95. The molecule has 1 rings (SSSR count). The average molecular weight is 196 g/mol. The summed E-state index contributed by atoms with van der Waals surface area (Å²) in [5.41, 5.74) is 0.655. The van der Waals surface area contributed by atoms with E-state index in [1.165, 1.54) is 12.1 Å². The lowest BCUT2D eigenvalue weighted by atomic mass is 9.95. The molecule has 1 unspecified atom stereocenters. The molecule has 0 aromatic heterocycles. The lowest BCUT2D eigenvalue weighted by Gasteiger charge is -2.12. The maximum atomic E-state index is 13.6. The minimum Gasteiger partial charge on any atom is -0.207 e. The Labute approximate surface area is 83.3 Å². The van der Waals surface area contributed by atoms with E-state index in [9.17, 15) is 8.78 Å². The molecule has 14 heavy (non-hydrogen) atoms. The molecule has 0 amide bonds. The van der Waals surface area contributed by atoms with Crippen molar-refractivity contribution in [2.24, 2.45) is 0 Å². The van der Waals surface area contributed by atoms with Crippen LogP contribution in [0.3, 0.4) is 0 Å². The standard InChI is InChI=1S/C12H14F2/c1-4-5-8(2)11-10(13)7-6-9(3)12(11)14/h4,6-8H,1,5H2,2-3H3. The highest BCUT2D eigenvalue weighted by atomic mass is 19.1. The molecule has 2 heteroatoms. The van der Waals surface area contributed by atoms with Gasteiger partial charge in [0.25, 0.3) is 0 Å². The summed E-state index contributed by atoms with van der Waals surface area (Å²) in [7, 11) is 0. The summed E-state index contributed by atoms with van der Waals surface area (Å²) in [4.78, 5) is 0. The van der Waals surface area contributed by atoms with Crippen molar-refractivity contribution < 1.29 is 8.78 Å². The van der Waals surface area contributed by atoms with Crippen LogP contribution < -0.4 is 0 Å². The molecule has 76 valence electrons. The van der Waals surface area contributed by atoms with Gasteiger partial charge in [-0.25, -0.2) is 8.78 Å². The van der Waals surface area contributed by atoms with Crippen molar-refractivity contribution in [1.82, 2.24) is 0 Å². The maximum absolute atomic E-state index is 13.6. The van der Waals surface area contributed by atoms with Gasteiger partial charge < -0.3 is 0 Å². The van der Waals surface area contributed by atoms with Gasteiger partial charge >= 0.3 is 0 Å². The van der Waals surface area contributed by atoms with Crippen LogP contribution in [0.25, 0.3) is 0 Å². The van der Waals surface area contributed by atoms with E-state index >= 15 is 0 Å². The summed E-state index contributed by atoms with van der Waals surface area (Å²) in [5, 5.41) is 0. The van der Waals surface area contributed by atoms with Crippen molar-refractivity contribution in [2.75, 3.05) is 0 Å². The maximum Gasteiger partial charge on any atom is 0.132 e. The van der Waals surface area contributed by atoms with E-state index in [-0.39, 0.29) is 11.5 Å². The number of benzene rings is 1. The monoisotopic (exact) mass is 196 g/mol. The predicted molar refractivity (Wildman–Crippen MR) is 54.3 cm³/mol. The minimum absolute atomic E-state index is 0.160. The Bertz CT molecular complexity index is 342. The first-order valence-corrected chi connectivity index (χ1v) is 4.63. The van der Waals surface area contributed by atoms with Crippen molar-refractivity contribution >= 4 is 0 Å². The van der Waals surface area contributed by atoms with Gasteiger partial charge in [0, 0.05) is 5.56 Å². The van der Waals surface area contributed by atoms with Gasteiger partial charge in [-0.2, -0.15) is 0 Å². The van der Waals surface area contributed by atoms with E-state index in [1.807, 2.05) is 0 Å². The zero-order chi connectivity index (χ0) is 10.7. The van der Waals surface area contributed by atoms with E-state index in [4.69, 9.17) is 0 Å². The normalized spacial score (nSPS) is 12.6. The number of allylic oxidation sites excluding steroid dienone is 1. The lowest BCUT2D eigenvalue weighted by molar-refractivity contribution is 0.528. The molecule has 1 aromatic carbocycles. The molecule has 0 aliphatic rings. The van der Waals surface area contributed by atoms with Crippen LogP contribution in [0.4, 0.5) is 8.78 Å². The van der Waals surface area contributed by atoms with Crippen LogP contribution in [0.1, 0.15) is 30.4 Å². The average Bonchev–Trinajstić information content (AvgIpc) is 2.13. The van der Waals surface area contributed by atoms with Gasteiger partial charge in [0.2, 0.25) is 0 Å². The van der Waals surface area contributed by atoms with Crippen LogP contribution in [0.15, 0.2) is 24.8 Å². The molecule has 1 atom stereocenters. The van der Waals surface area contributed by atoms with Gasteiger partial charge in [0.05, 0.1) is 0 Å². The van der Waals surface area contributed by atoms with Gasteiger partial charge in [-0.05, 0) is 30.9 Å². The Morgan fingerprint density at radius 1 is 1.43 bits per heavy atom. The van der Waals surface area contributed by atoms with Gasteiger partial charge in [-0.15, -0.1) is 6.58 Å². The summed E-state index contributed by atoms with van der Waals surface area (Å²) < 4.78 is 26.9. The quantitative estimate of drug-likeness (QED) is 0.642. The Morgan fingerprint density at radius 2 is 2.07 bits per heavy atom. The van der Waals surface area contributed by atoms with E-state index in [0.717, 1.165) is 0 Å². The molecule has 1 aromatic rings. The first kappa shape index (κ1) is 10.9. The number of hydrogen-bond donors (Lipinski definition) is 0. The van der Waals surface area contributed by atoms with Crippen LogP contribution in [0.2, 0.25) is 0 Å². The smallest absolute Gasteiger partial charge is 0.132 e. The van der Waals surface area contributed by atoms with Crippen LogP contribution in [0, 0.1) is 18.6 Å². The van der Waals surface area contributed by atoms with Crippen molar-refractivity contribution in [3.63, 3.8) is 0 Å².